The molecule has 0 saturated carbocycles. The van der Waals surface area contributed by atoms with E-state index in [1.807, 2.05) is 57.2 Å². The van der Waals surface area contributed by atoms with E-state index in [0.717, 1.165) is 28.0 Å². The van der Waals surface area contributed by atoms with Gasteiger partial charge in [-0.05, 0) is 55.3 Å². The van der Waals surface area contributed by atoms with Gasteiger partial charge in [0.1, 0.15) is 12.9 Å². The Morgan fingerprint density at radius 2 is 1.70 bits per heavy atom. The normalized spacial score (nSPS) is 11.3. The average Bonchev–Trinajstić information content (AvgIpc) is 2.42. The van der Waals surface area contributed by atoms with Gasteiger partial charge in [0.2, 0.25) is 0 Å². The largest absolute Gasteiger partial charge is 0.436 e. The molecule has 0 unspecified atom stereocenters. The minimum Gasteiger partial charge on any atom is -0.436 e. The van der Waals surface area contributed by atoms with E-state index >= 15 is 0 Å². The standard InChI is InChI=1S/C17H19NO2/c1-12-6-5-7-15(10-12)17(18-19-4)20-16-11-13(2)8-9-14(16)3/h5-11H,1-4H3/b18-17+. The molecule has 20 heavy (non-hydrogen) atoms. The first-order chi connectivity index (χ1) is 9.60. The summed E-state index contributed by atoms with van der Waals surface area (Å²) in [5.41, 5.74) is 4.25. The molecule has 0 aliphatic carbocycles. The summed E-state index contributed by atoms with van der Waals surface area (Å²) >= 11 is 0. The first kappa shape index (κ1) is 14.1. The highest BCUT2D eigenvalue weighted by Crippen LogP contribution is 2.21. The van der Waals surface area contributed by atoms with Crippen LogP contribution < -0.4 is 4.74 Å². The van der Waals surface area contributed by atoms with Crippen LogP contribution in [0.15, 0.2) is 47.6 Å². The smallest absolute Gasteiger partial charge is 0.263 e. The van der Waals surface area contributed by atoms with Crippen molar-refractivity contribution in [1.29, 1.82) is 0 Å². The van der Waals surface area contributed by atoms with Crippen molar-refractivity contribution in [3.8, 4) is 5.75 Å². The van der Waals surface area contributed by atoms with E-state index in [1.165, 1.54) is 7.11 Å². The summed E-state index contributed by atoms with van der Waals surface area (Å²) < 4.78 is 5.93. The first-order valence-corrected chi connectivity index (χ1v) is 6.53. The third-order valence-corrected chi connectivity index (χ3v) is 2.99. The summed E-state index contributed by atoms with van der Waals surface area (Å²) in [4.78, 5) is 4.90. The highest BCUT2D eigenvalue weighted by molar-refractivity contribution is 5.95. The fraction of sp³-hybridized carbons (Fsp3) is 0.235. The zero-order chi connectivity index (χ0) is 14.5. The molecule has 3 heteroatoms. The van der Waals surface area contributed by atoms with Crippen LogP contribution in [0, 0.1) is 20.8 Å². The highest BCUT2D eigenvalue weighted by Gasteiger charge is 2.10. The van der Waals surface area contributed by atoms with Crippen LogP contribution in [0.25, 0.3) is 0 Å². The minimum atomic E-state index is 0.463. The van der Waals surface area contributed by atoms with Crippen LogP contribution in [-0.2, 0) is 4.84 Å². The Labute approximate surface area is 119 Å². The molecule has 0 atom stereocenters. The quantitative estimate of drug-likeness (QED) is 0.479. The van der Waals surface area contributed by atoms with Gasteiger partial charge in [-0.15, -0.1) is 0 Å². The van der Waals surface area contributed by atoms with Crippen molar-refractivity contribution in [2.24, 2.45) is 5.16 Å². The van der Waals surface area contributed by atoms with Crippen molar-refractivity contribution in [1.82, 2.24) is 0 Å². The molecule has 0 bridgehead atoms. The second kappa shape index (κ2) is 6.24. The molecular weight excluding hydrogens is 250 g/mol. The molecule has 0 N–H and O–H groups in total. The lowest BCUT2D eigenvalue weighted by Gasteiger charge is -2.11. The number of benzene rings is 2. The van der Waals surface area contributed by atoms with Crippen molar-refractivity contribution in [3.05, 3.63) is 64.7 Å². The predicted octanol–water partition coefficient (Wildman–Crippen LogP) is 4.00. The van der Waals surface area contributed by atoms with Crippen LogP contribution in [-0.4, -0.2) is 13.0 Å². The Kier molecular flexibility index (Phi) is 4.41. The summed E-state index contributed by atoms with van der Waals surface area (Å²) in [5.74, 6) is 1.26. The maximum absolute atomic E-state index is 5.93. The van der Waals surface area contributed by atoms with Gasteiger partial charge in [0, 0.05) is 5.56 Å². The third kappa shape index (κ3) is 3.38. The molecular formula is C17H19NO2. The van der Waals surface area contributed by atoms with Gasteiger partial charge in [-0.1, -0.05) is 29.8 Å². The topological polar surface area (TPSA) is 30.8 Å². The van der Waals surface area contributed by atoms with Crippen LogP contribution >= 0.6 is 0 Å². The summed E-state index contributed by atoms with van der Waals surface area (Å²) in [7, 11) is 1.52. The van der Waals surface area contributed by atoms with Crippen LogP contribution in [0.1, 0.15) is 22.3 Å². The monoisotopic (exact) mass is 269 g/mol. The van der Waals surface area contributed by atoms with Crippen molar-refractivity contribution >= 4 is 5.90 Å². The lowest BCUT2D eigenvalue weighted by atomic mass is 10.1. The van der Waals surface area contributed by atoms with Crippen LogP contribution in [0.5, 0.6) is 5.75 Å². The second-order valence-electron chi connectivity index (χ2n) is 4.82. The number of hydrogen-bond donors (Lipinski definition) is 0. The van der Waals surface area contributed by atoms with Gasteiger partial charge >= 0.3 is 0 Å². The van der Waals surface area contributed by atoms with Gasteiger partial charge in [0.25, 0.3) is 5.90 Å². The van der Waals surface area contributed by atoms with E-state index in [0.29, 0.717) is 5.90 Å². The summed E-state index contributed by atoms with van der Waals surface area (Å²) in [5, 5.41) is 4.00. The fourth-order valence-electron chi connectivity index (χ4n) is 1.91. The highest BCUT2D eigenvalue weighted by atomic mass is 16.6. The molecule has 0 aromatic heterocycles. The lowest BCUT2D eigenvalue weighted by Crippen LogP contribution is -2.12. The molecule has 0 fully saturated rings. The van der Waals surface area contributed by atoms with Gasteiger partial charge in [-0.25, -0.2) is 0 Å². The molecule has 0 amide bonds. The van der Waals surface area contributed by atoms with Crippen molar-refractivity contribution in [2.75, 3.05) is 7.11 Å². The molecule has 3 nitrogen and oxygen atoms in total. The van der Waals surface area contributed by atoms with Crippen LogP contribution in [0.4, 0.5) is 0 Å². The summed E-state index contributed by atoms with van der Waals surface area (Å²) in [6, 6.07) is 14.1. The average molecular weight is 269 g/mol. The van der Waals surface area contributed by atoms with Gasteiger partial charge < -0.3 is 9.57 Å². The molecule has 0 spiro atoms. The number of aryl methyl sites for hydroxylation is 3. The number of ether oxygens (including phenoxy) is 1. The van der Waals surface area contributed by atoms with Gasteiger partial charge in [0.15, 0.2) is 0 Å². The van der Waals surface area contributed by atoms with E-state index in [-0.39, 0.29) is 0 Å². The van der Waals surface area contributed by atoms with Gasteiger partial charge in [0.05, 0.1) is 0 Å². The Morgan fingerprint density at radius 3 is 2.40 bits per heavy atom. The zero-order valence-corrected chi connectivity index (χ0v) is 12.3. The Hall–Kier alpha value is -2.29. The molecule has 0 aliphatic rings. The molecule has 2 rings (SSSR count). The minimum absolute atomic E-state index is 0.463. The van der Waals surface area contributed by atoms with Crippen molar-refractivity contribution < 1.29 is 9.57 Å². The zero-order valence-electron chi connectivity index (χ0n) is 12.3. The Morgan fingerprint density at radius 1 is 0.950 bits per heavy atom. The molecule has 2 aromatic carbocycles. The van der Waals surface area contributed by atoms with E-state index in [2.05, 4.69) is 11.2 Å². The molecule has 2 aromatic rings. The van der Waals surface area contributed by atoms with E-state index in [4.69, 9.17) is 9.57 Å². The maximum Gasteiger partial charge on any atom is 0.263 e. The van der Waals surface area contributed by atoms with Gasteiger partial charge in [-0.3, -0.25) is 0 Å². The Balaban J connectivity index is 2.36. The summed E-state index contributed by atoms with van der Waals surface area (Å²) in [6.07, 6.45) is 0. The summed E-state index contributed by atoms with van der Waals surface area (Å²) in [6.45, 7) is 6.08. The lowest BCUT2D eigenvalue weighted by molar-refractivity contribution is 0.206. The first-order valence-electron chi connectivity index (χ1n) is 6.53. The second-order valence-corrected chi connectivity index (χ2v) is 4.82. The fourth-order valence-corrected chi connectivity index (χ4v) is 1.91. The van der Waals surface area contributed by atoms with Crippen molar-refractivity contribution in [2.45, 2.75) is 20.8 Å². The predicted molar refractivity (Wildman–Crippen MR) is 81.3 cm³/mol. The van der Waals surface area contributed by atoms with Gasteiger partial charge in [-0.2, -0.15) is 0 Å². The number of oxime groups is 1. The Bertz CT molecular complexity index is 633. The number of hydrogen-bond acceptors (Lipinski definition) is 3. The van der Waals surface area contributed by atoms with E-state index in [1.54, 1.807) is 0 Å². The van der Waals surface area contributed by atoms with Crippen LogP contribution in [0.2, 0.25) is 0 Å². The van der Waals surface area contributed by atoms with E-state index < -0.39 is 0 Å². The van der Waals surface area contributed by atoms with Crippen molar-refractivity contribution in [3.63, 3.8) is 0 Å². The number of nitrogens with zero attached hydrogens (tertiary/aromatic N) is 1. The molecule has 0 saturated heterocycles. The van der Waals surface area contributed by atoms with E-state index in [9.17, 15) is 0 Å². The number of rotatable bonds is 3. The maximum atomic E-state index is 5.93. The molecule has 104 valence electrons. The third-order valence-electron chi connectivity index (χ3n) is 2.99. The molecule has 0 aliphatic heterocycles. The van der Waals surface area contributed by atoms with Crippen LogP contribution in [0.3, 0.4) is 0 Å². The molecule has 0 heterocycles. The molecule has 0 radical (unpaired) electrons. The SMILES string of the molecule is CO/N=C(/Oc1cc(C)ccc1C)c1cccc(C)c1.